The predicted octanol–water partition coefficient (Wildman–Crippen LogP) is 4.42. The minimum absolute atomic E-state index is 0.0445. The van der Waals surface area contributed by atoms with Crippen molar-refractivity contribution in [3.05, 3.63) is 108 Å². The molecule has 0 fully saturated rings. The van der Waals surface area contributed by atoms with Crippen molar-refractivity contribution >= 4 is 17.7 Å². The van der Waals surface area contributed by atoms with E-state index in [9.17, 15) is 14.4 Å². The zero-order valence-electron chi connectivity index (χ0n) is 25.7. The molecule has 0 aliphatic heterocycles. The van der Waals surface area contributed by atoms with E-state index < -0.39 is 11.5 Å². The molecule has 236 valence electrons. The van der Waals surface area contributed by atoms with Crippen molar-refractivity contribution in [2.45, 2.75) is 25.3 Å². The molecule has 0 bridgehead atoms. The molecule has 0 spiro atoms. The van der Waals surface area contributed by atoms with Crippen LogP contribution >= 0.6 is 0 Å². The Morgan fingerprint density at radius 3 is 1.30 bits per heavy atom. The molecule has 3 aromatic rings. The Balaban J connectivity index is 1.38. The van der Waals surface area contributed by atoms with Crippen LogP contribution in [-0.4, -0.2) is 89.1 Å². The molecule has 0 saturated heterocycles. The Morgan fingerprint density at radius 1 is 0.545 bits per heavy atom. The van der Waals surface area contributed by atoms with Gasteiger partial charge in [0.25, 0.3) is 0 Å². The highest BCUT2D eigenvalue weighted by atomic mass is 16.6. The smallest absolute Gasteiger partial charge is 0.320 e. The lowest BCUT2D eigenvalue weighted by Gasteiger charge is -2.43. The summed E-state index contributed by atoms with van der Waals surface area (Å²) in [6.45, 7) is 3.74. The van der Waals surface area contributed by atoms with Crippen LogP contribution in [0.5, 0.6) is 0 Å². The first-order chi connectivity index (χ1) is 21.4. The Morgan fingerprint density at radius 2 is 0.909 bits per heavy atom. The number of ether oxygens (including phenoxy) is 5. The van der Waals surface area contributed by atoms with Crippen LogP contribution in [0.1, 0.15) is 36.5 Å². The summed E-state index contributed by atoms with van der Waals surface area (Å²) in [6.07, 6.45) is 0.278. The Hall–Kier alpha value is -3.89. The van der Waals surface area contributed by atoms with Gasteiger partial charge in [-0.1, -0.05) is 91.0 Å². The van der Waals surface area contributed by atoms with Crippen LogP contribution in [0, 0.1) is 0 Å². The molecule has 0 heterocycles. The maximum absolute atomic E-state index is 13.0. The third kappa shape index (κ3) is 11.0. The van der Waals surface area contributed by atoms with Crippen LogP contribution in [-0.2, 0) is 43.6 Å². The van der Waals surface area contributed by atoms with Gasteiger partial charge in [0, 0.05) is 6.42 Å². The number of esters is 2. The number of likely N-dealkylation sites (N-methyl/N-ethyl adjacent to an activating group) is 1. The molecule has 0 unspecified atom stereocenters. The molecule has 0 atom stereocenters. The van der Waals surface area contributed by atoms with E-state index >= 15 is 0 Å². The minimum atomic E-state index is -0.707. The van der Waals surface area contributed by atoms with E-state index in [1.807, 2.05) is 66.5 Å². The Kier molecular flexibility index (Phi) is 15.3. The first-order valence-corrected chi connectivity index (χ1v) is 14.9. The van der Waals surface area contributed by atoms with Crippen LogP contribution in [0.25, 0.3) is 0 Å². The fourth-order valence-corrected chi connectivity index (χ4v) is 4.88. The lowest BCUT2D eigenvalue weighted by molar-refractivity contribution is -0.147. The van der Waals surface area contributed by atoms with Gasteiger partial charge in [0.1, 0.15) is 19.0 Å². The molecule has 0 saturated carbocycles. The van der Waals surface area contributed by atoms with Gasteiger partial charge in [-0.15, -0.1) is 0 Å². The van der Waals surface area contributed by atoms with Gasteiger partial charge in [0.2, 0.25) is 0 Å². The summed E-state index contributed by atoms with van der Waals surface area (Å²) < 4.78 is 26.8. The van der Waals surface area contributed by atoms with E-state index in [4.69, 9.17) is 23.7 Å². The molecule has 0 N–H and O–H groups in total. The normalized spacial score (nSPS) is 11.3. The number of hydrogen-bond acceptors (Lipinski definition) is 9. The second-order valence-corrected chi connectivity index (χ2v) is 10.1. The molecule has 0 aliphatic carbocycles. The van der Waals surface area contributed by atoms with Gasteiger partial charge in [-0.05, 0) is 30.7 Å². The minimum Gasteiger partial charge on any atom is -0.463 e. The number of ketones is 1. The molecule has 9 heteroatoms. The van der Waals surface area contributed by atoms with Crippen molar-refractivity contribution in [1.82, 2.24) is 4.90 Å². The van der Waals surface area contributed by atoms with Crippen molar-refractivity contribution in [2.75, 3.05) is 66.4 Å². The standard InChI is InChI=1S/C35H43NO8/c1-29(37)18-19-33(38)43-26-24-41-22-20-40-21-23-42-25-27-44-34(39)28-36(2)35(30-12-6-3-7-13-30,31-14-8-4-9-15-31)32-16-10-5-11-17-32/h3-17H,18-28H2,1-2H3. The Labute approximate surface area is 260 Å². The SMILES string of the molecule is CC(=O)CCC(=O)OCCOCCOCCOCCOC(=O)CN(C)C(c1ccccc1)(c1ccccc1)c1ccccc1. The van der Waals surface area contributed by atoms with Gasteiger partial charge >= 0.3 is 11.9 Å². The summed E-state index contributed by atoms with van der Waals surface area (Å²) in [5.41, 5.74) is 2.43. The molecule has 0 aliphatic rings. The average Bonchev–Trinajstić information content (AvgIpc) is 3.04. The molecule has 3 rings (SSSR count). The van der Waals surface area contributed by atoms with Crippen molar-refractivity contribution in [3.8, 4) is 0 Å². The second-order valence-electron chi connectivity index (χ2n) is 10.1. The monoisotopic (exact) mass is 605 g/mol. The summed E-state index contributed by atoms with van der Waals surface area (Å²) in [6, 6.07) is 30.5. The van der Waals surface area contributed by atoms with Gasteiger partial charge < -0.3 is 28.5 Å². The van der Waals surface area contributed by atoms with E-state index in [1.54, 1.807) is 0 Å². The summed E-state index contributed by atoms with van der Waals surface area (Å²) >= 11 is 0. The number of nitrogens with zero attached hydrogens (tertiary/aromatic N) is 1. The van der Waals surface area contributed by atoms with Crippen LogP contribution in [0.15, 0.2) is 91.0 Å². The number of carbonyl (C=O) groups excluding carboxylic acids is 3. The highest BCUT2D eigenvalue weighted by Crippen LogP contribution is 2.41. The number of benzene rings is 3. The van der Waals surface area contributed by atoms with E-state index in [0.717, 1.165) is 16.7 Å². The zero-order chi connectivity index (χ0) is 31.5. The fourth-order valence-electron chi connectivity index (χ4n) is 4.88. The first kappa shape index (κ1) is 34.6. The molecule has 9 nitrogen and oxygen atoms in total. The second kappa shape index (κ2) is 19.4. The molecule has 44 heavy (non-hydrogen) atoms. The van der Waals surface area contributed by atoms with Crippen LogP contribution < -0.4 is 0 Å². The van der Waals surface area contributed by atoms with Gasteiger partial charge in [-0.3, -0.25) is 14.5 Å². The van der Waals surface area contributed by atoms with Crippen molar-refractivity contribution in [1.29, 1.82) is 0 Å². The van der Waals surface area contributed by atoms with E-state index in [1.165, 1.54) is 6.92 Å². The van der Waals surface area contributed by atoms with E-state index in [2.05, 4.69) is 36.4 Å². The summed E-state index contributed by atoms with van der Waals surface area (Å²) in [5, 5.41) is 0. The quantitative estimate of drug-likeness (QED) is 0.0993. The molecule has 0 radical (unpaired) electrons. The largest absolute Gasteiger partial charge is 0.463 e. The summed E-state index contributed by atoms with van der Waals surface area (Å²) in [5.74, 6) is -0.798. The van der Waals surface area contributed by atoms with Gasteiger partial charge in [0.05, 0.1) is 58.1 Å². The van der Waals surface area contributed by atoms with Crippen molar-refractivity contribution < 1.29 is 38.1 Å². The first-order valence-electron chi connectivity index (χ1n) is 14.9. The van der Waals surface area contributed by atoms with E-state index in [-0.39, 0.29) is 57.6 Å². The number of rotatable bonds is 21. The zero-order valence-corrected chi connectivity index (χ0v) is 25.7. The molecular weight excluding hydrogens is 562 g/mol. The van der Waals surface area contributed by atoms with E-state index in [0.29, 0.717) is 26.4 Å². The lowest BCUT2D eigenvalue weighted by Crippen LogP contribution is -2.48. The number of hydrogen-bond donors (Lipinski definition) is 0. The molecule has 0 aromatic heterocycles. The maximum Gasteiger partial charge on any atom is 0.320 e. The lowest BCUT2D eigenvalue weighted by atomic mass is 9.76. The van der Waals surface area contributed by atoms with Gasteiger partial charge in [-0.25, -0.2) is 0 Å². The number of Topliss-reactive ketones (excluding diaryl/α,β-unsaturated/α-hetero) is 1. The van der Waals surface area contributed by atoms with Gasteiger partial charge in [0.15, 0.2) is 0 Å². The highest BCUT2D eigenvalue weighted by Gasteiger charge is 2.41. The Bertz CT molecular complexity index is 1160. The van der Waals surface area contributed by atoms with Crippen molar-refractivity contribution in [2.24, 2.45) is 0 Å². The number of carbonyl (C=O) groups is 3. The third-order valence-electron chi connectivity index (χ3n) is 6.92. The third-order valence-corrected chi connectivity index (χ3v) is 6.92. The summed E-state index contributed by atoms with van der Waals surface area (Å²) in [4.78, 5) is 37.3. The maximum atomic E-state index is 13.0. The average molecular weight is 606 g/mol. The van der Waals surface area contributed by atoms with Crippen LogP contribution in [0.3, 0.4) is 0 Å². The fraction of sp³-hybridized carbons (Fsp3) is 0.400. The van der Waals surface area contributed by atoms with Crippen LogP contribution in [0.2, 0.25) is 0 Å². The summed E-state index contributed by atoms with van der Waals surface area (Å²) in [7, 11) is 1.94. The molecular formula is C35H43NO8. The predicted molar refractivity (Wildman–Crippen MR) is 166 cm³/mol. The van der Waals surface area contributed by atoms with Gasteiger partial charge in [-0.2, -0.15) is 0 Å². The van der Waals surface area contributed by atoms with Crippen molar-refractivity contribution in [3.63, 3.8) is 0 Å². The van der Waals surface area contributed by atoms with Crippen LogP contribution in [0.4, 0.5) is 0 Å². The topological polar surface area (TPSA) is 101 Å². The highest BCUT2D eigenvalue weighted by molar-refractivity contribution is 5.80. The molecule has 3 aromatic carbocycles. The molecule has 0 amide bonds.